The maximum atomic E-state index is 14.2. The highest BCUT2D eigenvalue weighted by atomic mass is 32.1. The normalized spacial score (nSPS) is 14.3. The van der Waals surface area contributed by atoms with Crippen LogP contribution >= 0.6 is 11.3 Å². The van der Waals surface area contributed by atoms with Gasteiger partial charge in [-0.05, 0) is 79.1 Å². The fraction of sp³-hybridized carbons (Fsp3) is 0.162. The number of carbonyl (C=O) groups excluding carboxylic acids is 1. The van der Waals surface area contributed by atoms with Crippen molar-refractivity contribution in [3.63, 3.8) is 0 Å². The number of nitrogens with one attached hydrogen (secondary N) is 1. The molecule has 0 aliphatic carbocycles. The summed E-state index contributed by atoms with van der Waals surface area (Å²) in [6.45, 7) is 3.61. The molecule has 0 radical (unpaired) electrons. The van der Waals surface area contributed by atoms with Crippen LogP contribution in [-0.2, 0) is 11.4 Å². The first-order valence-electron chi connectivity index (χ1n) is 14.9. The Morgan fingerprint density at radius 2 is 1.71 bits per heavy atom. The summed E-state index contributed by atoms with van der Waals surface area (Å²) in [4.78, 5) is 33.3. The fourth-order valence-electron chi connectivity index (χ4n) is 5.52. The first kappa shape index (κ1) is 32.4. The molecule has 0 unspecified atom stereocenters. The predicted molar refractivity (Wildman–Crippen MR) is 180 cm³/mol. The number of ether oxygens (including phenoxy) is 3. The topological polar surface area (TPSA) is 91.2 Å². The van der Waals surface area contributed by atoms with Crippen molar-refractivity contribution in [1.82, 2.24) is 4.57 Å². The zero-order valence-electron chi connectivity index (χ0n) is 26.5. The van der Waals surface area contributed by atoms with Crippen LogP contribution in [0, 0.1) is 18.6 Å². The molecule has 5 aromatic rings. The molecule has 1 aliphatic rings. The third kappa shape index (κ3) is 6.50. The summed E-state index contributed by atoms with van der Waals surface area (Å²) >= 11 is 1.21. The SMILES string of the molecule is COc1ccc([C@@H]2C(C(=O)Nc3ccccc3C)=C(C)N=c3s/c(=C/c4ccc(OC)c(COc5ccc(F)cc5F)c4)c(=O)n32)cc1. The molecule has 8 nitrogen and oxygen atoms in total. The Morgan fingerprint density at radius 1 is 0.958 bits per heavy atom. The molecule has 11 heteroatoms. The zero-order valence-corrected chi connectivity index (χ0v) is 27.4. The first-order valence-corrected chi connectivity index (χ1v) is 15.8. The van der Waals surface area contributed by atoms with Gasteiger partial charge in [-0.2, -0.15) is 0 Å². The molecule has 1 N–H and O–H groups in total. The summed E-state index contributed by atoms with van der Waals surface area (Å²) in [5.74, 6) is -0.856. The summed E-state index contributed by atoms with van der Waals surface area (Å²) in [6, 6.07) is 22.3. The third-order valence-electron chi connectivity index (χ3n) is 7.97. The van der Waals surface area contributed by atoms with E-state index >= 15 is 0 Å². The lowest BCUT2D eigenvalue weighted by atomic mass is 9.95. The summed E-state index contributed by atoms with van der Waals surface area (Å²) in [5, 5.41) is 3.01. The maximum absolute atomic E-state index is 14.2. The van der Waals surface area contributed by atoms with Crippen molar-refractivity contribution in [3.8, 4) is 17.2 Å². The van der Waals surface area contributed by atoms with Gasteiger partial charge in [0.15, 0.2) is 16.4 Å². The highest BCUT2D eigenvalue weighted by Crippen LogP contribution is 2.32. The van der Waals surface area contributed by atoms with Crippen LogP contribution in [0.2, 0.25) is 0 Å². The molecular formula is C37H31F2N3O5S. The number of carbonyl (C=O) groups is 1. The maximum Gasteiger partial charge on any atom is 0.271 e. The van der Waals surface area contributed by atoms with Crippen molar-refractivity contribution in [1.29, 1.82) is 0 Å². The van der Waals surface area contributed by atoms with Gasteiger partial charge in [-0.3, -0.25) is 14.2 Å². The van der Waals surface area contributed by atoms with Crippen molar-refractivity contribution in [2.45, 2.75) is 26.5 Å². The molecule has 0 saturated carbocycles. The Bertz CT molecular complexity index is 2240. The molecule has 4 aromatic carbocycles. The van der Waals surface area contributed by atoms with E-state index in [4.69, 9.17) is 19.2 Å². The first-order chi connectivity index (χ1) is 23.2. The minimum atomic E-state index is -0.820. The van der Waals surface area contributed by atoms with E-state index in [-0.39, 0.29) is 23.8 Å². The van der Waals surface area contributed by atoms with Crippen LogP contribution in [-0.4, -0.2) is 24.7 Å². The number of thiazole rings is 1. The van der Waals surface area contributed by atoms with E-state index in [0.717, 1.165) is 17.7 Å². The number of hydrogen-bond acceptors (Lipinski definition) is 7. The highest BCUT2D eigenvalue weighted by Gasteiger charge is 2.32. The van der Waals surface area contributed by atoms with Crippen LogP contribution in [0.15, 0.2) is 106 Å². The van der Waals surface area contributed by atoms with Crippen molar-refractivity contribution in [2.75, 3.05) is 19.5 Å². The molecule has 1 aromatic heterocycles. The van der Waals surface area contributed by atoms with E-state index in [1.165, 1.54) is 24.5 Å². The molecule has 244 valence electrons. The number of methoxy groups -OCH3 is 2. The van der Waals surface area contributed by atoms with Gasteiger partial charge in [0.1, 0.15) is 23.9 Å². The van der Waals surface area contributed by atoms with Gasteiger partial charge in [0.05, 0.1) is 36.1 Å². The summed E-state index contributed by atoms with van der Waals surface area (Å²) < 4.78 is 46.0. The van der Waals surface area contributed by atoms with Gasteiger partial charge in [0.25, 0.3) is 11.5 Å². The standard InChI is InChI=1S/C37H31F2N3O5S/c1-21-7-5-6-8-29(21)41-35(43)33-22(2)40-37-42(34(33)24-10-13-27(45-3)14-11-24)36(44)32(48-37)18-23-9-15-30(46-4)25(17-23)20-47-31-16-12-26(38)19-28(31)39/h5-19,34H,20H2,1-4H3,(H,41,43)/b32-18+/t34-/m1/s1. The highest BCUT2D eigenvalue weighted by molar-refractivity contribution is 7.07. The third-order valence-corrected chi connectivity index (χ3v) is 8.95. The van der Waals surface area contributed by atoms with Crippen LogP contribution in [0.1, 0.15) is 35.2 Å². The Morgan fingerprint density at radius 3 is 2.42 bits per heavy atom. The van der Waals surface area contributed by atoms with E-state index in [1.807, 2.05) is 43.3 Å². The second-order valence-corrected chi connectivity index (χ2v) is 12.1. The van der Waals surface area contributed by atoms with E-state index in [0.29, 0.717) is 54.5 Å². The van der Waals surface area contributed by atoms with Crippen molar-refractivity contribution in [2.24, 2.45) is 4.99 Å². The molecule has 48 heavy (non-hydrogen) atoms. The van der Waals surface area contributed by atoms with Gasteiger partial charge >= 0.3 is 0 Å². The Labute approximate surface area is 278 Å². The van der Waals surface area contributed by atoms with Crippen molar-refractivity contribution < 1.29 is 27.8 Å². The second kappa shape index (κ2) is 13.7. The number of anilines is 1. The van der Waals surface area contributed by atoms with Crippen LogP contribution in [0.4, 0.5) is 14.5 Å². The Balaban J connectivity index is 1.41. The quantitative estimate of drug-likeness (QED) is 0.207. The van der Waals surface area contributed by atoms with E-state index in [1.54, 1.807) is 55.0 Å². The van der Waals surface area contributed by atoms with Crippen molar-refractivity contribution in [3.05, 3.63) is 150 Å². The summed E-state index contributed by atoms with van der Waals surface area (Å²) in [5.41, 5.74) is 4.04. The van der Waals surface area contributed by atoms with Gasteiger partial charge in [-0.25, -0.2) is 13.8 Å². The molecule has 2 heterocycles. The molecule has 0 spiro atoms. The predicted octanol–water partition coefficient (Wildman–Crippen LogP) is 6.06. The average molecular weight is 668 g/mol. The lowest BCUT2D eigenvalue weighted by Crippen LogP contribution is -2.40. The van der Waals surface area contributed by atoms with Gasteiger partial charge in [0, 0.05) is 17.3 Å². The van der Waals surface area contributed by atoms with Crippen LogP contribution in [0.3, 0.4) is 0 Å². The smallest absolute Gasteiger partial charge is 0.271 e. The number of aryl methyl sites for hydroxylation is 1. The number of rotatable bonds is 9. The van der Waals surface area contributed by atoms with Gasteiger partial charge < -0.3 is 19.5 Å². The summed E-state index contributed by atoms with van der Waals surface area (Å²) in [7, 11) is 3.07. The number of hydrogen-bond donors (Lipinski definition) is 1. The van der Waals surface area contributed by atoms with Gasteiger partial charge in [0.2, 0.25) is 0 Å². The molecule has 6 rings (SSSR count). The molecule has 0 bridgehead atoms. The lowest BCUT2D eigenvalue weighted by Gasteiger charge is -2.25. The lowest BCUT2D eigenvalue weighted by molar-refractivity contribution is -0.113. The monoisotopic (exact) mass is 667 g/mol. The number of benzene rings is 4. The molecule has 1 atom stereocenters. The van der Waals surface area contributed by atoms with E-state index in [2.05, 4.69) is 5.32 Å². The Kier molecular flexibility index (Phi) is 9.22. The summed E-state index contributed by atoms with van der Waals surface area (Å²) in [6.07, 6.45) is 1.72. The second-order valence-electron chi connectivity index (χ2n) is 11.1. The number of fused-ring (bicyclic) bond motifs is 1. The zero-order chi connectivity index (χ0) is 33.9. The van der Waals surface area contributed by atoms with Crippen molar-refractivity contribution >= 4 is 29.0 Å². The van der Waals surface area contributed by atoms with Crippen LogP contribution < -0.4 is 34.4 Å². The molecule has 0 fully saturated rings. The number of para-hydroxylation sites is 1. The van der Waals surface area contributed by atoms with E-state index in [9.17, 15) is 18.4 Å². The van der Waals surface area contributed by atoms with Crippen LogP contribution in [0.5, 0.6) is 17.2 Å². The average Bonchev–Trinajstić information content (AvgIpc) is 3.38. The minimum Gasteiger partial charge on any atom is -0.497 e. The number of halogens is 2. The fourth-order valence-corrected chi connectivity index (χ4v) is 6.56. The van der Waals surface area contributed by atoms with Gasteiger partial charge in [-0.1, -0.05) is 47.7 Å². The molecule has 1 aliphatic heterocycles. The largest absolute Gasteiger partial charge is 0.497 e. The minimum absolute atomic E-state index is 0.0648. The van der Waals surface area contributed by atoms with E-state index < -0.39 is 17.7 Å². The number of amides is 1. The van der Waals surface area contributed by atoms with Gasteiger partial charge in [-0.15, -0.1) is 0 Å². The molecule has 1 amide bonds. The molecule has 0 saturated heterocycles. The Hall–Kier alpha value is -5.55. The number of nitrogens with zero attached hydrogens (tertiary/aromatic N) is 2. The number of allylic oxidation sites excluding steroid dienone is 1. The molecular weight excluding hydrogens is 636 g/mol. The number of aromatic nitrogens is 1. The van der Waals surface area contributed by atoms with Crippen LogP contribution in [0.25, 0.3) is 6.08 Å².